The fraction of sp³-hybridized carbons (Fsp3) is 0.429. The first kappa shape index (κ1) is 18.8. The number of likely N-dealkylation sites (tertiary alicyclic amines) is 1. The Morgan fingerprint density at radius 1 is 1.03 bits per heavy atom. The number of sulfonamides is 1. The third-order valence-corrected chi connectivity index (χ3v) is 8.54. The minimum atomic E-state index is -3.35. The summed E-state index contributed by atoms with van der Waals surface area (Å²) in [5, 5.41) is 1.40. The van der Waals surface area contributed by atoms with Crippen LogP contribution in [0.3, 0.4) is 0 Å². The molecule has 0 N–H and O–H groups in total. The second-order valence-electron chi connectivity index (χ2n) is 7.98. The Morgan fingerprint density at radius 2 is 1.86 bits per heavy atom. The van der Waals surface area contributed by atoms with E-state index in [1.54, 1.807) is 11.2 Å². The Kier molecular flexibility index (Phi) is 4.51. The van der Waals surface area contributed by atoms with Crippen LogP contribution in [0.2, 0.25) is 0 Å². The first-order valence-corrected chi connectivity index (χ1v) is 11.6. The van der Waals surface area contributed by atoms with Gasteiger partial charge in [0.15, 0.2) is 0 Å². The number of fused-ring (bicyclic) bond motifs is 1. The van der Waals surface area contributed by atoms with Crippen molar-refractivity contribution in [1.29, 1.82) is 0 Å². The van der Waals surface area contributed by atoms with Gasteiger partial charge in [0.2, 0.25) is 10.0 Å². The molecule has 1 aliphatic carbocycles. The van der Waals surface area contributed by atoms with Crippen molar-refractivity contribution < 1.29 is 17.2 Å². The molecular weight excluding hydrogens is 396 g/mol. The highest BCUT2D eigenvalue weighted by molar-refractivity contribution is 7.89. The summed E-state index contributed by atoms with van der Waals surface area (Å²) in [6, 6.07) is 3.36. The summed E-state index contributed by atoms with van der Waals surface area (Å²) in [4.78, 5) is 2.08. The molecule has 0 unspecified atom stereocenters. The zero-order chi connectivity index (χ0) is 20.2. The van der Waals surface area contributed by atoms with Gasteiger partial charge >= 0.3 is 0 Å². The molecule has 3 heterocycles. The maximum atomic E-state index is 14.4. The molecule has 0 bridgehead atoms. The van der Waals surface area contributed by atoms with E-state index in [0.29, 0.717) is 12.1 Å². The molecule has 3 aliphatic heterocycles. The monoisotopic (exact) mass is 419 g/mol. The van der Waals surface area contributed by atoms with Gasteiger partial charge in [-0.25, -0.2) is 17.2 Å². The molecule has 1 saturated heterocycles. The Bertz CT molecular complexity index is 1030. The number of hydrogen-bond acceptors (Lipinski definition) is 4. The number of halogens is 2. The fourth-order valence-electron chi connectivity index (χ4n) is 4.53. The normalized spacial score (nSPS) is 25.1. The van der Waals surface area contributed by atoms with Crippen LogP contribution in [0.4, 0.5) is 8.78 Å². The van der Waals surface area contributed by atoms with Crippen LogP contribution in [-0.4, -0.2) is 41.1 Å². The van der Waals surface area contributed by atoms with Gasteiger partial charge in [0.1, 0.15) is 11.6 Å². The quantitative estimate of drug-likeness (QED) is 0.745. The van der Waals surface area contributed by atoms with Gasteiger partial charge in [-0.2, -0.15) is 0 Å². The Balaban J connectivity index is 1.39. The predicted octanol–water partition coefficient (Wildman–Crippen LogP) is 3.81. The van der Waals surface area contributed by atoms with Crippen LogP contribution < -0.4 is 0 Å². The zero-order valence-corrected chi connectivity index (χ0v) is 16.8. The average Bonchev–Trinajstić information content (AvgIpc) is 3.28. The second-order valence-corrected chi connectivity index (χ2v) is 10.1. The van der Waals surface area contributed by atoms with E-state index in [0.717, 1.165) is 56.1 Å². The highest BCUT2D eigenvalue weighted by Crippen LogP contribution is 2.40. The number of nitrogens with zero attached hydrogens (tertiary/aromatic N) is 3. The molecule has 0 aromatic heterocycles. The van der Waals surface area contributed by atoms with Crippen molar-refractivity contribution in [3.05, 3.63) is 71.2 Å². The zero-order valence-electron chi connectivity index (χ0n) is 16.0. The van der Waals surface area contributed by atoms with Gasteiger partial charge in [0.05, 0.1) is 23.5 Å². The van der Waals surface area contributed by atoms with Crippen LogP contribution in [0, 0.1) is 11.6 Å². The Labute approximate surface area is 169 Å². The van der Waals surface area contributed by atoms with Crippen LogP contribution in [-0.2, 0) is 10.0 Å². The number of benzene rings is 1. The first-order valence-electron chi connectivity index (χ1n) is 10.1. The van der Waals surface area contributed by atoms with Crippen molar-refractivity contribution in [3.63, 3.8) is 0 Å². The van der Waals surface area contributed by atoms with Crippen molar-refractivity contribution in [2.45, 2.75) is 43.4 Å². The highest BCUT2D eigenvalue weighted by atomic mass is 32.2. The van der Waals surface area contributed by atoms with E-state index >= 15 is 0 Å². The van der Waals surface area contributed by atoms with Gasteiger partial charge < -0.3 is 4.90 Å². The molecule has 1 aromatic rings. The summed E-state index contributed by atoms with van der Waals surface area (Å²) in [6.45, 7) is 1.07. The molecule has 154 valence electrons. The molecule has 0 radical (unpaired) electrons. The van der Waals surface area contributed by atoms with E-state index in [2.05, 4.69) is 4.90 Å². The van der Waals surface area contributed by atoms with E-state index in [1.807, 2.05) is 18.2 Å². The van der Waals surface area contributed by atoms with E-state index in [1.165, 1.54) is 16.5 Å². The summed E-state index contributed by atoms with van der Waals surface area (Å²) in [5.74, 6) is -0.842. The summed E-state index contributed by atoms with van der Waals surface area (Å²) in [5.41, 5.74) is 2.06. The smallest absolute Gasteiger partial charge is 0.234 e. The van der Waals surface area contributed by atoms with Crippen molar-refractivity contribution in [3.8, 4) is 0 Å². The number of rotatable bonds is 4. The topological polar surface area (TPSA) is 43.9 Å². The standard InChI is InChI=1S/C21H23F2N3O2S/c22-15-6-7-20(23)19(13-15)21-5-2-10-24(21)16-8-11-25-17(14-16)9-12-26(25)29(27,28)18-3-1-4-18/h6-9,11,13-14,18,21H,1-5,10,12H2/t21-/m1/s1. The van der Waals surface area contributed by atoms with E-state index in [4.69, 9.17) is 0 Å². The Morgan fingerprint density at radius 3 is 2.62 bits per heavy atom. The van der Waals surface area contributed by atoms with E-state index in [-0.39, 0.29) is 11.3 Å². The van der Waals surface area contributed by atoms with Gasteiger partial charge in [0, 0.05) is 24.0 Å². The largest absolute Gasteiger partial charge is 0.364 e. The van der Waals surface area contributed by atoms with E-state index in [9.17, 15) is 17.2 Å². The molecule has 2 fully saturated rings. The lowest BCUT2D eigenvalue weighted by atomic mass is 10.0. The maximum Gasteiger partial charge on any atom is 0.234 e. The number of allylic oxidation sites excluding steroid dienone is 2. The van der Waals surface area contributed by atoms with Crippen LogP contribution in [0.15, 0.2) is 54.0 Å². The van der Waals surface area contributed by atoms with Gasteiger partial charge in [-0.3, -0.25) is 5.01 Å². The van der Waals surface area contributed by atoms with Gasteiger partial charge in [-0.1, -0.05) is 6.42 Å². The lowest BCUT2D eigenvalue weighted by Crippen LogP contribution is -2.46. The first-order chi connectivity index (χ1) is 13.9. The van der Waals surface area contributed by atoms with Crippen molar-refractivity contribution in [1.82, 2.24) is 14.3 Å². The minimum Gasteiger partial charge on any atom is -0.364 e. The van der Waals surface area contributed by atoms with Gasteiger partial charge in [-0.15, -0.1) is 4.41 Å². The van der Waals surface area contributed by atoms with Crippen LogP contribution in [0.5, 0.6) is 0 Å². The molecule has 1 aromatic carbocycles. The summed E-state index contributed by atoms with van der Waals surface area (Å²) >= 11 is 0. The Hall–Kier alpha value is -2.19. The third-order valence-electron chi connectivity index (χ3n) is 6.31. The molecule has 1 saturated carbocycles. The van der Waals surface area contributed by atoms with Crippen LogP contribution in [0.25, 0.3) is 0 Å². The minimum absolute atomic E-state index is 0.232. The summed E-state index contributed by atoms with van der Waals surface area (Å²) in [6.07, 6.45) is 11.5. The molecule has 29 heavy (non-hydrogen) atoms. The van der Waals surface area contributed by atoms with E-state index < -0.39 is 21.7 Å². The van der Waals surface area contributed by atoms with Crippen molar-refractivity contribution >= 4 is 10.0 Å². The fourth-order valence-corrected chi connectivity index (χ4v) is 6.48. The molecule has 8 heteroatoms. The third kappa shape index (κ3) is 3.09. The van der Waals surface area contributed by atoms with Gasteiger partial charge in [0.25, 0.3) is 0 Å². The molecule has 4 aliphatic rings. The molecule has 0 amide bonds. The van der Waals surface area contributed by atoms with Crippen molar-refractivity contribution in [2.24, 2.45) is 0 Å². The van der Waals surface area contributed by atoms with Gasteiger partial charge in [-0.05, 0) is 62.1 Å². The SMILES string of the molecule is O=S(=O)(C1CCC1)N1CC=C2C=C(N3CCC[C@@H]3c3cc(F)ccc3F)C=CN21. The number of hydrazine groups is 1. The van der Waals surface area contributed by atoms with Crippen LogP contribution in [0.1, 0.15) is 43.7 Å². The lowest BCUT2D eigenvalue weighted by Gasteiger charge is -2.37. The second kappa shape index (κ2) is 6.95. The molecule has 5 nitrogen and oxygen atoms in total. The maximum absolute atomic E-state index is 14.4. The summed E-state index contributed by atoms with van der Waals surface area (Å²) in [7, 11) is -3.35. The number of hydrogen-bond donors (Lipinski definition) is 0. The molecule has 1 atom stereocenters. The van der Waals surface area contributed by atoms with Crippen LogP contribution >= 0.6 is 0 Å². The highest BCUT2D eigenvalue weighted by Gasteiger charge is 2.41. The average molecular weight is 419 g/mol. The lowest BCUT2D eigenvalue weighted by molar-refractivity contribution is 0.199. The molecular formula is C21H23F2N3O2S. The predicted molar refractivity (Wildman–Crippen MR) is 105 cm³/mol. The molecule has 5 rings (SSSR count). The summed E-state index contributed by atoms with van der Waals surface area (Å²) < 4.78 is 55.1. The molecule has 0 spiro atoms. The van der Waals surface area contributed by atoms with Crippen molar-refractivity contribution in [2.75, 3.05) is 13.1 Å².